The molecule has 0 aliphatic carbocycles. The smallest absolute Gasteiger partial charge is 0.180 e. The third kappa shape index (κ3) is 15.7. The van der Waals surface area contributed by atoms with Crippen LogP contribution in [0.5, 0.6) is 0 Å². The van der Waals surface area contributed by atoms with E-state index in [1.807, 2.05) is 72.8 Å². The fourth-order valence-electron chi connectivity index (χ4n) is 22.0. The summed E-state index contributed by atoms with van der Waals surface area (Å²) in [6.45, 7) is 0. The van der Waals surface area contributed by atoms with E-state index in [-0.39, 0.29) is 0 Å². The van der Waals surface area contributed by atoms with Crippen molar-refractivity contribution in [2.45, 2.75) is 0 Å². The molecule has 12 nitrogen and oxygen atoms in total. The number of fused-ring (bicyclic) bond motifs is 18. The second-order valence-electron chi connectivity index (χ2n) is 38.0. The molecule has 0 aliphatic rings. The zero-order valence-corrected chi connectivity index (χ0v) is 81.0. The van der Waals surface area contributed by atoms with Gasteiger partial charge >= 0.3 is 0 Å². The SMILES string of the molecule is c1cc(-c2cccc(-n3c4ccccc4c4ccccc43)c2)cc(-c2ncnc3c2oc2ccccc23)c1.c1ccc(-c2ccc(-c3ccc4c(c3)c3cc(-c5ccc(-c6ccccc6)cc5)ccc3n4-c3cccc(-c4cccc(-c5ncnc6c5oc5ccccc56)c4)c3)cc2)cc1.c1ccc(-c2ccc3c(c2)c2cc(-c4ccccc4)ccc2n3-c2cccc(-c3cccc(-c4ncnc5c4oc4ccccc45)c3)c2)cc1. The first-order chi connectivity index (χ1) is 74.3. The lowest BCUT2D eigenvalue weighted by molar-refractivity contribution is 0.667. The van der Waals surface area contributed by atoms with Crippen molar-refractivity contribution in [3.05, 3.63) is 529 Å². The van der Waals surface area contributed by atoms with Gasteiger partial charge in [0, 0.05) is 82.2 Å². The molecule has 0 bridgehead atoms. The van der Waals surface area contributed by atoms with E-state index >= 15 is 0 Å². The van der Waals surface area contributed by atoms with Gasteiger partial charge in [0.05, 0.1) is 33.1 Å². The Balaban J connectivity index is 0.000000111. The quantitative estimate of drug-likeness (QED) is 0.0984. The van der Waals surface area contributed by atoms with Crippen LogP contribution in [0, 0.1) is 0 Å². The van der Waals surface area contributed by atoms with Gasteiger partial charge in [-0.2, -0.15) is 0 Å². The van der Waals surface area contributed by atoms with E-state index in [1.165, 1.54) is 121 Å². The molecular formula is C138H87N9O3. The summed E-state index contributed by atoms with van der Waals surface area (Å²) in [6.07, 6.45) is 4.88. The molecule has 30 aromatic rings. The van der Waals surface area contributed by atoms with Crippen LogP contribution in [-0.4, -0.2) is 43.6 Å². The minimum atomic E-state index is 0.697. The van der Waals surface area contributed by atoms with Crippen molar-refractivity contribution < 1.29 is 13.3 Å². The molecule has 0 radical (unpaired) electrons. The fourth-order valence-corrected chi connectivity index (χ4v) is 22.0. The highest BCUT2D eigenvalue weighted by Gasteiger charge is 2.25. The Morgan fingerprint density at radius 3 is 0.627 bits per heavy atom. The molecule has 12 heteroatoms. The number of aromatic nitrogens is 9. The van der Waals surface area contributed by atoms with Crippen LogP contribution in [0.25, 0.3) is 283 Å². The molecule has 0 aliphatic heterocycles. The zero-order valence-electron chi connectivity index (χ0n) is 81.0. The number of furan rings is 3. The van der Waals surface area contributed by atoms with Crippen molar-refractivity contribution in [1.82, 2.24) is 43.6 Å². The van der Waals surface area contributed by atoms with Gasteiger partial charge in [0.1, 0.15) is 69.4 Å². The summed E-state index contributed by atoms with van der Waals surface area (Å²) in [5.74, 6) is 0. The molecule has 21 aromatic carbocycles. The van der Waals surface area contributed by atoms with E-state index < -0.39 is 0 Å². The third-order valence-corrected chi connectivity index (χ3v) is 29.2. The molecule has 0 saturated heterocycles. The van der Waals surface area contributed by atoms with E-state index in [9.17, 15) is 0 Å². The molecule has 0 atom stereocenters. The summed E-state index contributed by atoms with van der Waals surface area (Å²) < 4.78 is 26.0. The summed E-state index contributed by atoms with van der Waals surface area (Å²) in [4.78, 5) is 27.7. The molecule has 0 saturated carbocycles. The topological polar surface area (TPSA) is 132 Å². The average molecular weight is 1920 g/mol. The predicted molar refractivity (Wildman–Crippen MR) is 616 cm³/mol. The minimum absolute atomic E-state index is 0.697. The Kier molecular flexibility index (Phi) is 21.6. The van der Waals surface area contributed by atoms with Gasteiger partial charge in [-0.25, -0.2) is 29.9 Å². The van der Waals surface area contributed by atoms with Gasteiger partial charge in [-0.3, -0.25) is 0 Å². The van der Waals surface area contributed by atoms with Gasteiger partial charge in [0.25, 0.3) is 0 Å². The van der Waals surface area contributed by atoms with Crippen LogP contribution in [0.15, 0.2) is 542 Å². The number of para-hydroxylation sites is 5. The number of benzene rings is 21. The van der Waals surface area contributed by atoms with E-state index in [1.54, 1.807) is 19.0 Å². The Bertz CT molecular complexity index is 10200. The maximum atomic E-state index is 6.33. The average Bonchev–Trinajstić information content (AvgIpc) is 1.59. The normalized spacial score (nSPS) is 11.6. The number of hydrogen-bond donors (Lipinski definition) is 0. The van der Waals surface area contributed by atoms with Crippen LogP contribution in [0.3, 0.4) is 0 Å². The molecule has 9 heterocycles. The molecule has 0 N–H and O–H groups in total. The molecule has 30 rings (SSSR count). The lowest BCUT2D eigenvalue weighted by Gasteiger charge is -2.12. The van der Waals surface area contributed by atoms with Gasteiger partial charge in [0.2, 0.25) is 0 Å². The van der Waals surface area contributed by atoms with Crippen LogP contribution in [0.4, 0.5) is 0 Å². The van der Waals surface area contributed by atoms with Crippen molar-refractivity contribution in [2.75, 3.05) is 0 Å². The molecule has 9 aromatic heterocycles. The lowest BCUT2D eigenvalue weighted by atomic mass is 9.97. The first-order valence-corrected chi connectivity index (χ1v) is 50.4. The van der Waals surface area contributed by atoms with Gasteiger partial charge in [-0.1, -0.05) is 358 Å². The summed E-state index contributed by atoms with van der Waals surface area (Å²) in [7, 11) is 0. The molecule has 0 amide bonds. The summed E-state index contributed by atoms with van der Waals surface area (Å²) in [6, 6.07) is 181. The lowest BCUT2D eigenvalue weighted by Crippen LogP contribution is -1.94. The zero-order chi connectivity index (χ0) is 99.1. The van der Waals surface area contributed by atoms with Crippen molar-refractivity contribution in [2.24, 2.45) is 0 Å². The molecule has 0 spiro atoms. The Hall–Kier alpha value is -20.3. The highest BCUT2D eigenvalue weighted by Crippen LogP contribution is 2.46. The van der Waals surface area contributed by atoms with Crippen LogP contribution in [-0.2, 0) is 0 Å². The summed E-state index contributed by atoms with van der Waals surface area (Å²) in [5.41, 5.74) is 43.8. The van der Waals surface area contributed by atoms with Crippen LogP contribution in [0.1, 0.15) is 0 Å². The van der Waals surface area contributed by atoms with Crippen LogP contribution < -0.4 is 0 Å². The van der Waals surface area contributed by atoms with Gasteiger partial charge in [0.15, 0.2) is 16.7 Å². The predicted octanol–water partition coefficient (Wildman–Crippen LogP) is 36.4. The monoisotopic (exact) mass is 1920 g/mol. The second kappa shape index (κ2) is 37.1. The maximum absolute atomic E-state index is 6.33. The Labute approximate surface area is 862 Å². The minimum Gasteiger partial charge on any atom is -0.452 e. The summed E-state index contributed by atoms with van der Waals surface area (Å²) in [5, 5.41) is 10.4. The van der Waals surface area contributed by atoms with Crippen molar-refractivity contribution in [1.29, 1.82) is 0 Å². The standard InChI is InChI=1S/C58H37N3O.C46H29N3O.C34H21N3O/c1-3-11-38(12-4-1)40-21-25-42(26-22-40)46-29-31-53-51(35-46)52-36-47(43-27-23-41(24-28-43)39-13-5-2-6-14-39)30-32-54(52)61(53)49-18-10-16-45(34-49)44-15-9-17-48(33-44)56-58-57(60-37-59-56)50-19-7-8-20-55(50)62-58;1-3-11-30(12-4-1)34-21-23-41-39(27-34)40-28-35(31-13-5-2-6-14-31)22-24-42(40)49(41)37-18-10-16-33(26-37)32-15-9-17-36(25-32)44-46-45(48-29-47-44)38-19-7-8-20-43(38)50-46;1-4-16-29-26(13-1)27-14-2-5-17-30(27)37(29)25-12-8-10-23(20-25)22-9-7-11-24(19-22)32-34-33(36-21-35-32)28-15-3-6-18-31(28)38-34/h1-37H;1-29H;1-21H. The molecule has 702 valence electrons. The third-order valence-electron chi connectivity index (χ3n) is 29.2. The fraction of sp³-hybridized carbons (Fsp3) is 0. The number of hydrogen-bond acceptors (Lipinski definition) is 9. The van der Waals surface area contributed by atoms with Crippen LogP contribution >= 0.6 is 0 Å². The van der Waals surface area contributed by atoms with E-state index in [2.05, 4.69) is 475 Å². The van der Waals surface area contributed by atoms with Gasteiger partial charge in [-0.15, -0.1) is 0 Å². The van der Waals surface area contributed by atoms with Crippen molar-refractivity contribution in [3.8, 4) is 151 Å². The van der Waals surface area contributed by atoms with E-state index in [4.69, 9.17) is 18.2 Å². The molecule has 0 unspecified atom stereocenters. The molecular weight excluding hydrogens is 1830 g/mol. The first kappa shape index (κ1) is 87.5. The van der Waals surface area contributed by atoms with E-state index in [0.29, 0.717) is 16.7 Å². The van der Waals surface area contributed by atoms with E-state index in [0.717, 1.165) is 145 Å². The highest BCUT2D eigenvalue weighted by molar-refractivity contribution is 6.16. The van der Waals surface area contributed by atoms with Crippen molar-refractivity contribution >= 4 is 132 Å². The maximum Gasteiger partial charge on any atom is 0.180 e. The molecule has 0 fully saturated rings. The van der Waals surface area contributed by atoms with Crippen molar-refractivity contribution in [3.63, 3.8) is 0 Å². The van der Waals surface area contributed by atoms with Crippen LogP contribution in [0.2, 0.25) is 0 Å². The molecule has 150 heavy (non-hydrogen) atoms. The number of rotatable bonds is 15. The Morgan fingerprint density at radius 2 is 0.333 bits per heavy atom. The Morgan fingerprint density at radius 1 is 0.133 bits per heavy atom. The summed E-state index contributed by atoms with van der Waals surface area (Å²) >= 11 is 0. The van der Waals surface area contributed by atoms with Gasteiger partial charge < -0.3 is 27.0 Å². The largest absolute Gasteiger partial charge is 0.452 e. The number of nitrogens with zero attached hydrogens (tertiary/aromatic N) is 9. The second-order valence-corrected chi connectivity index (χ2v) is 38.0. The van der Waals surface area contributed by atoms with Gasteiger partial charge in [-0.05, 0) is 252 Å². The highest BCUT2D eigenvalue weighted by atomic mass is 16.3. The first-order valence-electron chi connectivity index (χ1n) is 50.4.